The molecular formula is C9H5ClF5NS. The highest BCUT2D eigenvalue weighted by atomic mass is 35.5. The summed E-state index contributed by atoms with van der Waals surface area (Å²) >= 11 is 5.53. The van der Waals surface area contributed by atoms with Crippen LogP contribution < -0.4 is 0 Å². The number of nitrogens with zero attached hydrogens (tertiary/aromatic N) is 1. The van der Waals surface area contributed by atoms with Crippen LogP contribution in [0.2, 0.25) is 5.15 Å². The Bertz CT molecular complexity index is 609. The van der Waals surface area contributed by atoms with Gasteiger partial charge in [0.15, 0.2) is 0 Å². The number of halogens is 6. The van der Waals surface area contributed by atoms with Gasteiger partial charge in [0.1, 0.15) is 10.0 Å². The van der Waals surface area contributed by atoms with Gasteiger partial charge in [0, 0.05) is 5.39 Å². The average Bonchev–Trinajstić information content (AvgIpc) is 2.13. The lowest BCUT2D eigenvalue weighted by Crippen LogP contribution is -2.05. The molecule has 0 amide bonds. The molecule has 0 saturated carbocycles. The van der Waals surface area contributed by atoms with Crippen molar-refractivity contribution in [2.24, 2.45) is 0 Å². The monoisotopic (exact) mass is 289 g/mol. The summed E-state index contributed by atoms with van der Waals surface area (Å²) in [5.74, 6) is 0. The molecule has 0 spiro atoms. The minimum absolute atomic E-state index is 0.0415. The van der Waals surface area contributed by atoms with Crippen LogP contribution in [0.1, 0.15) is 0 Å². The summed E-state index contributed by atoms with van der Waals surface area (Å²) in [6.45, 7) is 0. The Morgan fingerprint density at radius 1 is 0.941 bits per heavy atom. The van der Waals surface area contributed by atoms with Crippen LogP contribution in [0.3, 0.4) is 0 Å². The van der Waals surface area contributed by atoms with Gasteiger partial charge >= 0.3 is 10.2 Å². The van der Waals surface area contributed by atoms with Crippen LogP contribution in [0.25, 0.3) is 10.9 Å². The molecule has 0 aliphatic carbocycles. The lowest BCUT2D eigenvalue weighted by atomic mass is 10.2. The SMILES string of the molecule is FS(F)(F)(F)(F)c1ccc2nc(Cl)ccc2c1. The maximum Gasteiger partial charge on any atom is 0.310 e. The van der Waals surface area contributed by atoms with E-state index < -0.39 is 15.1 Å². The highest BCUT2D eigenvalue weighted by Crippen LogP contribution is 3.02. The summed E-state index contributed by atoms with van der Waals surface area (Å²) in [4.78, 5) is 1.78. The van der Waals surface area contributed by atoms with Crippen molar-refractivity contribution in [3.8, 4) is 0 Å². The maximum atomic E-state index is 12.5. The first-order valence-corrected chi connectivity index (χ1v) is 6.59. The molecule has 8 heteroatoms. The molecule has 1 aromatic heterocycles. The molecule has 0 unspecified atom stereocenters. The quantitative estimate of drug-likeness (QED) is 0.496. The molecule has 0 N–H and O–H groups in total. The van der Waals surface area contributed by atoms with Crippen molar-refractivity contribution in [3.05, 3.63) is 35.5 Å². The fourth-order valence-corrected chi connectivity index (χ4v) is 2.15. The van der Waals surface area contributed by atoms with Gasteiger partial charge in [-0.2, -0.15) is 0 Å². The van der Waals surface area contributed by atoms with Crippen LogP contribution in [-0.2, 0) is 0 Å². The predicted octanol–water partition coefficient (Wildman–Crippen LogP) is 5.55. The predicted molar refractivity (Wildman–Crippen MR) is 58.2 cm³/mol. The molecule has 0 aliphatic heterocycles. The Kier molecular flexibility index (Phi) is 2.07. The van der Waals surface area contributed by atoms with Crippen molar-refractivity contribution in [2.45, 2.75) is 4.90 Å². The summed E-state index contributed by atoms with van der Waals surface area (Å²) < 4.78 is 62.5. The zero-order chi connectivity index (χ0) is 13.0. The molecule has 0 saturated heterocycles. The molecule has 94 valence electrons. The molecule has 1 aromatic carbocycles. The second-order valence-corrected chi connectivity index (χ2v) is 6.25. The first-order chi connectivity index (χ1) is 7.45. The van der Waals surface area contributed by atoms with E-state index in [4.69, 9.17) is 11.6 Å². The number of benzene rings is 1. The first kappa shape index (κ1) is 12.4. The number of rotatable bonds is 1. The summed E-state index contributed by atoms with van der Waals surface area (Å²) in [7, 11) is -9.63. The summed E-state index contributed by atoms with van der Waals surface area (Å²) in [6.07, 6.45) is 0. The number of hydrogen-bond acceptors (Lipinski definition) is 1. The molecule has 0 bridgehead atoms. The Balaban J connectivity index is 2.74. The van der Waals surface area contributed by atoms with Gasteiger partial charge in [-0.25, -0.2) is 4.98 Å². The molecule has 2 aromatic rings. The number of aromatic nitrogens is 1. The Labute approximate surface area is 97.9 Å². The van der Waals surface area contributed by atoms with Crippen molar-refractivity contribution in [2.75, 3.05) is 0 Å². The first-order valence-electron chi connectivity index (χ1n) is 4.26. The molecule has 1 heterocycles. The van der Waals surface area contributed by atoms with Gasteiger partial charge in [-0.3, -0.25) is 0 Å². The van der Waals surface area contributed by atoms with Crippen molar-refractivity contribution < 1.29 is 19.4 Å². The number of hydrogen-bond donors (Lipinski definition) is 0. The molecule has 2 rings (SSSR count). The third-order valence-electron chi connectivity index (χ3n) is 2.07. The fraction of sp³-hybridized carbons (Fsp3) is 0. The van der Waals surface area contributed by atoms with E-state index in [2.05, 4.69) is 4.98 Å². The van der Waals surface area contributed by atoms with E-state index in [1.807, 2.05) is 0 Å². The molecular weight excluding hydrogens is 285 g/mol. The van der Waals surface area contributed by atoms with Crippen LogP contribution >= 0.6 is 21.8 Å². The topological polar surface area (TPSA) is 12.9 Å². The van der Waals surface area contributed by atoms with Crippen molar-refractivity contribution >= 4 is 32.7 Å². The molecule has 0 fully saturated rings. The van der Waals surface area contributed by atoms with Gasteiger partial charge in [0.25, 0.3) is 0 Å². The molecule has 0 atom stereocenters. The van der Waals surface area contributed by atoms with Crippen LogP contribution in [0.4, 0.5) is 19.4 Å². The van der Waals surface area contributed by atoms with Gasteiger partial charge in [-0.15, -0.1) is 0 Å². The minimum atomic E-state index is -9.63. The lowest BCUT2D eigenvalue weighted by Gasteiger charge is -2.40. The standard InChI is InChI=1S/C9H5ClF5NS/c10-9-4-1-6-5-7(2-3-8(6)16-9)17(11,12,13,14)15/h1-5H. The van der Waals surface area contributed by atoms with E-state index in [0.29, 0.717) is 12.1 Å². The van der Waals surface area contributed by atoms with E-state index in [1.165, 1.54) is 12.1 Å². The van der Waals surface area contributed by atoms with Crippen LogP contribution in [-0.4, -0.2) is 4.98 Å². The van der Waals surface area contributed by atoms with Crippen molar-refractivity contribution in [3.63, 3.8) is 0 Å². The van der Waals surface area contributed by atoms with Gasteiger partial charge in [0.2, 0.25) is 0 Å². The van der Waals surface area contributed by atoms with Crippen LogP contribution in [0.15, 0.2) is 35.2 Å². The third-order valence-corrected chi connectivity index (χ3v) is 3.43. The molecule has 17 heavy (non-hydrogen) atoms. The lowest BCUT2D eigenvalue weighted by molar-refractivity contribution is 0.364. The van der Waals surface area contributed by atoms with Crippen LogP contribution in [0.5, 0.6) is 0 Å². The normalized spacial score (nSPS) is 16.6. The van der Waals surface area contributed by atoms with Crippen molar-refractivity contribution in [1.82, 2.24) is 4.98 Å². The van der Waals surface area contributed by atoms with E-state index in [1.54, 1.807) is 0 Å². The molecule has 0 aliphatic rings. The zero-order valence-electron chi connectivity index (χ0n) is 8.01. The summed E-state index contributed by atoms with van der Waals surface area (Å²) in [5, 5.41) is 0.0396. The molecule has 0 radical (unpaired) electrons. The Morgan fingerprint density at radius 3 is 2.18 bits per heavy atom. The summed E-state index contributed by atoms with van der Waals surface area (Å²) in [6, 6.07) is 4.00. The zero-order valence-corrected chi connectivity index (χ0v) is 9.58. The molecule has 1 nitrogen and oxygen atoms in total. The van der Waals surface area contributed by atoms with Gasteiger partial charge < -0.3 is 0 Å². The smallest absolute Gasteiger partial charge is 0.236 e. The third kappa shape index (κ3) is 2.61. The summed E-state index contributed by atoms with van der Waals surface area (Å²) in [5.41, 5.74) is 0.128. The maximum absolute atomic E-state index is 12.5. The minimum Gasteiger partial charge on any atom is -0.236 e. The van der Waals surface area contributed by atoms with E-state index in [-0.39, 0.29) is 16.1 Å². The average molecular weight is 290 g/mol. The van der Waals surface area contributed by atoms with E-state index in [9.17, 15) is 19.4 Å². The largest absolute Gasteiger partial charge is 0.310 e. The van der Waals surface area contributed by atoms with Crippen LogP contribution in [0, 0.1) is 0 Å². The Morgan fingerprint density at radius 2 is 1.59 bits per heavy atom. The Hall–Kier alpha value is -1.08. The van der Waals surface area contributed by atoms with Gasteiger partial charge in [-0.1, -0.05) is 31.0 Å². The second kappa shape index (κ2) is 2.84. The highest BCUT2D eigenvalue weighted by Gasteiger charge is 2.65. The highest BCUT2D eigenvalue weighted by molar-refractivity contribution is 8.45. The van der Waals surface area contributed by atoms with E-state index in [0.717, 1.165) is 6.07 Å². The van der Waals surface area contributed by atoms with E-state index >= 15 is 0 Å². The second-order valence-electron chi connectivity index (χ2n) is 3.46. The van der Waals surface area contributed by atoms with Crippen molar-refractivity contribution in [1.29, 1.82) is 0 Å². The van der Waals surface area contributed by atoms with Gasteiger partial charge in [-0.05, 0) is 30.3 Å². The fourth-order valence-electron chi connectivity index (χ4n) is 1.32. The number of pyridine rings is 1. The van der Waals surface area contributed by atoms with Gasteiger partial charge in [0.05, 0.1) is 5.52 Å². The number of fused-ring (bicyclic) bond motifs is 1.